The van der Waals surface area contributed by atoms with E-state index < -0.39 is 15.9 Å². The SMILES string of the molecule is CCN(CC)S(=O)(=O)c1cccc(C(=O)NN=C(C)c2cc(Cl)ccc2Cl)c1. The van der Waals surface area contributed by atoms with Gasteiger partial charge in [0.1, 0.15) is 0 Å². The summed E-state index contributed by atoms with van der Waals surface area (Å²) in [4.78, 5) is 12.5. The Balaban J connectivity index is 2.25. The van der Waals surface area contributed by atoms with Crippen LogP contribution in [-0.2, 0) is 10.0 Å². The van der Waals surface area contributed by atoms with Gasteiger partial charge in [-0.2, -0.15) is 9.41 Å². The number of amides is 1. The zero-order valence-electron chi connectivity index (χ0n) is 15.7. The van der Waals surface area contributed by atoms with Crippen molar-refractivity contribution in [1.29, 1.82) is 0 Å². The van der Waals surface area contributed by atoms with E-state index in [1.54, 1.807) is 39.0 Å². The van der Waals surface area contributed by atoms with Crippen LogP contribution in [-0.4, -0.2) is 37.4 Å². The number of carbonyl (C=O) groups excluding carboxylic acids is 1. The van der Waals surface area contributed by atoms with E-state index in [9.17, 15) is 13.2 Å². The molecule has 0 spiro atoms. The molecule has 2 aromatic carbocycles. The summed E-state index contributed by atoms with van der Waals surface area (Å²) in [5.41, 5.74) is 3.66. The lowest BCUT2D eigenvalue weighted by atomic mass is 10.1. The van der Waals surface area contributed by atoms with Crippen molar-refractivity contribution in [3.05, 3.63) is 63.6 Å². The minimum absolute atomic E-state index is 0.0578. The standard InChI is InChI=1S/C19H21Cl2N3O3S/c1-4-24(5-2)28(26,27)16-8-6-7-14(11-16)19(25)23-22-13(3)17-12-15(20)9-10-18(17)21/h6-12H,4-5H2,1-3H3,(H,23,25). The summed E-state index contributed by atoms with van der Waals surface area (Å²) >= 11 is 12.1. The molecule has 150 valence electrons. The van der Waals surface area contributed by atoms with Gasteiger partial charge in [0.05, 0.1) is 10.6 Å². The minimum Gasteiger partial charge on any atom is -0.267 e. The van der Waals surface area contributed by atoms with Crippen molar-refractivity contribution in [2.75, 3.05) is 13.1 Å². The zero-order chi connectivity index (χ0) is 20.9. The van der Waals surface area contributed by atoms with Gasteiger partial charge in [-0.3, -0.25) is 4.79 Å². The molecule has 2 aromatic rings. The van der Waals surface area contributed by atoms with E-state index in [-0.39, 0.29) is 10.5 Å². The number of benzene rings is 2. The predicted octanol–water partition coefficient (Wildman–Crippen LogP) is 4.18. The van der Waals surface area contributed by atoms with Crippen molar-refractivity contribution in [3.8, 4) is 0 Å². The second-order valence-corrected chi connectivity index (χ2v) is 8.66. The fourth-order valence-electron chi connectivity index (χ4n) is 2.54. The smallest absolute Gasteiger partial charge is 0.267 e. The monoisotopic (exact) mass is 441 g/mol. The molecule has 0 atom stereocenters. The molecule has 28 heavy (non-hydrogen) atoms. The molecular weight excluding hydrogens is 421 g/mol. The third kappa shape index (κ3) is 5.11. The van der Waals surface area contributed by atoms with Gasteiger partial charge in [-0.1, -0.05) is 43.1 Å². The second-order valence-electron chi connectivity index (χ2n) is 5.88. The van der Waals surface area contributed by atoms with Gasteiger partial charge in [0, 0.05) is 34.3 Å². The molecule has 0 saturated heterocycles. The van der Waals surface area contributed by atoms with Crippen LogP contribution in [0.3, 0.4) is 0 Å². The van der Waals surface area contributed by atoms with Crippen molar-refractivity contribution >= 4 is 44.8 Å². The van der Waals surface area contributed by atoms with E-state index in [0.29, 0.717) is 34.4 Å². The third-order valence-corrected chi connectivity index (χ3v) is 6.69. The molecule has 0 heterocycles. The Morgan fingerprint density at radius 1 is 1.11 bits per heavy atom. The molecule has 1 N–H and O–H groups in total. The minimum atomic E-state index is -3.66. The van der Waals surface area contributed by atoms with Gasteiger partial charge in [0.2, 0.25) is 10.0 Å². The maximum atomic E-state index is 12.6. The summed E-state index contributed by atoms with van der Waals surface area (Å²) in [6.45, 7) is 5.89. The molecule has 0 bridgehead atoms. The summed E-state index contributed by atoms with van der Waals surface area (Å²) in [6.07, 6.45) is 0. The first-order valence-corrected chi connectivity index (χ1v) is 10.8. The summed E-state index contributed by atoms with van der Waals surface area (Å²) in [5, 5.41) is 4.99. The van der Waals surface area contributed by atoms with Crippen molar-refractivity contribution in [2.45, 2.75) is 25.7 Å². The third-order valence-electron chi connectivity index (χ3n) is 4.08. The van der Waals surface area contributed by atoms with Crippen LogP contribution in [0.1, 0.15) is 36.7 Å². The van der Waals surface area contributed by atoms with E-state index in [4.69, 9.17) is 23.2 Å². The fourth-order valence-corrected chi connectivity index (χ4v) is 4.48. The molecule has 9 heteroatoms. The van der Waals surface area contributed by atoms with Crippen molar-refractivity contribution in [1.82, 2.24) is 9.73 Å². The molecular formula is C19H21Cl2N3O3S. The predicted molar refractivity (Wildman–Crippen MR) is 113 cm³/mol. The zero-order valence-corrected chi connectivity index (χ0v) is 18.1. The van der Waals surface area contributed by atoms with Crippen LogP contribution < -0.4 is 5.43 Å². The Labute approximate surface area is 175 Å². The lowest BCUT2D eigenvalue weighted by Crippen LogP contribution is -2.30. The molecule has 2 rings (SSSR count). The van der Waals surface area contributed by atoms with Crippen LogP contribution in [0.2, 0.25) is 10.0 Å². The molecule has 0 aliphatic rings. The number of carbonyl (C=O) groups is 1. The first kappa shape index (κ1) is 22.4. The molecule has 0 radical (unpaired) electrons. The van der Waals surface area contributed by atoms with Gasteiger partial charge in [-0.15, -0.1) is 0 Å². The quantitative estimate of drug-likeness (QED) is 0.516. The lowest BCUT2D eigenvalue weighted by Gasteiger charge is -2.18. The van der Waals surface area contributed by atoms with Crippen LogP contribution in [0, 0.1) is 0 Å². The highest BCUT2D eigenvalue weighted by atomic mass is 35.5. The number of nitrogens with zero attached hydrogens (tertiary/aromatic N) is 2. The number of halogens is 2. The van der Waals surface area contributed by atoms with Crippen LogP contribution in [0.15, 0.2) is 52.5 Å². The molecule has 6 nitrogen and oxygen atoms in total. The van der Waals surface area contributed by atoms with Gasteiger partial charge >= 0.3 is 0 Å². The van der Waals surface area contributed by atoms with Crippen molar-refractivity contribution < 1.29 is 13.2 Å². The molecule has 0 fully saturated rings. The lowest BCUT2D eigenvalue weighted by molar-refractivity contribution is 0.0954. The average Bonchev–Trinajstić information content (AvgIpc) is 2.68. The Morgan fingerprint density at radius 2 is 1.79 bits per heavy atom. The van der Waals surface area contributed by atoms with E-state index in [0.717, 1.165) is 0 Å². The topological polar surface area (TPSA) is 78.8 Å². The summed E-state index contributed by atoms with van der Waals surface area (Å²) < 4.78 is 26.6. The van der Waals surface area contributed by atoms with Crippen LogP contribution in [0.5, 0.6) is 0 Å². The number of nitrogens with one attached hydrogen (secondary N) is 1. The number of hydrogen-bond donors (Lipinski definition) is 1. The molecule has 0 aliphatic heterocycles. The summed E-state index contributed by atoms with van der Waals surface area (Å²) in [5.74, 6) is -0.533. The van der Waals surface area contributed by atoms with E-state index in [1.807, 2.05) is 0 Å². The maximum absolute atomic E-state index is 12.6. The Bertz CT molecular complexity index is 1000. The largest absolute Gasteiger partial charge is 0.271 e. The molecule has 0 unspecified atom stereocenters. The molecule has 1 amide bonds. The first-order valence-electron chi connectivity index (χ1n) is 8.61. The van der Waals surface area contributed by atoms with Crippen LogP contribution in [0.4, 0.5) is 0 Å². The Morgan fingerprint density at radius 3 is 2.43 bits per heavy atom. The fraction of sp³-hybridized carbons (Fsp3) is 0.263. The van der Waals surface area contributed by atoms with Gasteiger partial charge in [-0.05, 0) is 43.3 Å². The highest BCUT2D eigenvalue weighted by molar-refractivity contribution is 7.89. The highest BCUT2D eigenvalue weighted by Gasteiger charge is 2.22. The Hall–Kier alpha value is -1.93. The van der Waals surface area contributed by atoms with E-state index in [1.165, 1.54) is 28.6 Å². The number of hydrogen-bond acceptors (Lipinski definition) is 4. The number of hydrazone groups is 1. The first-order chi connectivity index (χ1) is 13.2. The van der Waals surface area contributed by atoms with Gasteiger partial charge < -0.3 is 0 Å². The van der Waals surface area contributed by atoms with Crippen molar-refractivity contribution in [2.24, 2.45) is 5.10 Å². The van der Waals surface area contributed by atoms with E-state index in [2.05, 4.69) is 10.5 Å². The highest BCUT2D eigenvalue weighted by Crippen LogP contribution is 2.21. The second kappa shape index (κ2) is 9.52. The molecule has 0 saturated carbocycles. The molecule has 0 aliphatic carbocycles. The van der Waals surface area contributed by atoms with Gasteiger partial charge in [-0.25, -0.2) is 13.8 Å². The van der Waals surface area contributed by atoms with Gasteiger partial charge in [0.15, 0.2) is 0 Å². The summed E-state index contributed by atoms with van der Waals surface area (Å²) in [6, 6.07) is 10.8. The Kier molecular flexibility index (Phi) is 7.60. The average molecular weight is 442 g/mol. The van der Waals surface area contributed by atoms with E-state index >= 15 is 0 Å². The normalized spacial score (nSPS) is 12.3. The van der Waals surface area contributed by atoms with Gasteiger partial charge in [0.25, 0.3) is 5.91 Å². The molecule has 0 aromatic heterocycles. The van der Waals surface area contributed by atoms with Crippen LogP contribution in [0.25, 0.3) is 0 Å². The van der Waals surface area contributed by atoms with Crippen LogP contribution >= 0.6 is 23.2 Å². The number of sulfonamides is 1. The number of rotatable bonds is 7. The van der Waals surface area contributed by atoms with Crippen molar-refractivity contribution in [3.63, 3.8) is 0 Å². The maximum Gasteiger partial charge on any atom is 0.271 e. The summed E-state index contributed by atoms with van der Waals surface area (Å²) in [7, 11) is -3.66.